The number of nitrogens with one attached hydrogen (secondary N) is 1. The first-order chi connectivity index (χ1) is 16.6. The Kier molecular flexibility index (Phi) is 8.39. The Morgan fingerprint density at radius 1 is 0.824 bits per heavy atom. The van der Waals surface area contributed by atoms with Crippen LogP contribution in [-0.2, 0) is 9.59 Å². The lowest BCUT2D eigenvalue weighted by Crippen LogP contribution is -2.62. The van der Waals surface area contributed by atoms with Crippen LogP contribution in [0.4, 0.5) is 0 Å². The average Bonchev–Trinajstić information content (AvgIpc) is 2.86. The molecule has 2 aliphatic rings. The van der Waals surface area contributed by atoms with Gasteiger partial charge < -0.3 is 10.2 Å². The van der Waals surface area contributed by atoms with Crippen molar-refractivity contribution in [2.24, 2.45) is 5.41 Å². The number of benzene rings is 2. The number of unbranched alkanes of at least 4 members (excludes halogenated alkanes) is 3. The van der Waals surface area contributed by atoms with Crippen LogP contribution in [0, 0.1) is 5.41 Å². The first-order valence-electron chi connectivity index (χ1n) is 12.9. The molecule has 0 atom stereocenters. The van der Waals surface area contributed by atoms with Crippen molar-refractivity contribution in [1.29, 1.82) is 0 Å². The van der Waals surface area contributed by atoms with Crippen LogP contribution < -0.4 is 5.32 Å². The number of carbonyl (C=O) groups is 2. The van der Waals surface area contributed by atoms with E-state index in [0.717, 1.165) is 64.7 Å². The van der Waals surface area contributed by atoms with Gasteiger partial charge in [-0.15, -0.1) is 0 Å². The van der Waals surface area contributed by atoms with Crippen molar-refractivity contribution in [3.63, 3.8) is 0 Å². The smallest absolute Gasteiger partial charge is 0.222 e. The summed E-state index contributed by atoms with van der Waals surface area (Å²) in [6.45, 7) is 4.00. The minimum atomic E-state index is 0.104. The molecule has 0 aromatic heterocycles. The molecule has 0 unspecified atom stereocenters. The van der Waals surface area contributed by atoms with E-state index < -0.39 is 0 Å². The van der Waals surface area contributed by atoms with Gasteiger partial charge in [0.15, 0.2) is 0 Å². The van der Waals surface area contributed by atoms with Crippen molar-refractivity contribution >= 4 is 11.8 Å². The molecule has 2 saturated heterocycles. The van der Waals surface area contributed by atoms with Crippen molar-refractivity contribution in [3.8, 4) is 0 Å². The Morgan fingerprint density at radius 3 is 1.88 bits per heavy atom. The maximum Gasteiger partial charge on any atom is 0.222 e. The fourth-order valence-corrected chi connectivity index (χ4v) is 5.60. The quantitative estimate of drug-likeness (QED) is 0.518. The van der Waals surface area contributed by atoms with E-state index in [9.17, 15) is 9.59 Å². The topological polar surface area (TPSA) is 52.7 Å². The average molecular weight is 462 g/mol. The number of likely N-dealkylation sites (tertiary alicyclic amines) is 2. The van der Waals surface area contributed by atoms with Gasteiger partial charge >= 0.3 is 0 Å². The number of hydrogen-bond donors (Lipinski definition) is 1. The van der Waals surface area contributed by atoms with Crippen molar-refractivity contribution in [2.45, 2.75) is 57.4 Å². The summed E-state index contributed by atoms with van der Waals surface area (Å²) in [7, 11) is 1.68. The third-order valence-corrected chi connectivity index (χ3v) is 7.68. The molecule has 0 saturated carbocycles. The highest BCUT2D eigenvalue weighted by Crippen LogP contribution is 2.43. The van der Waals surface area contributed by atoms with Crippen molar-refractivity contribution in [2.75, 3.05) is 33.2 Å². The zero-order valence-corrected chi connectivity index (χ0v) is 20.5. The van der Waals surface area contributed by atoms with E-state index in [0.29, 0.717) is 30.2 Å². The normalized spacial score (nSPS) is 17.5. The van der Waals surface area contributed by atoms with Gasteiger partial charge in [0.1, 0.15) is 0 Å². The van der Waals surface area contributed by atoms with Crippen LogP contribution in [0.25, 0.3) is 0 Å². The van der Waals surface area contributed by atoms with E-state index in [2.05, 4.69) is 75.8 Å². The van der Waals surface area contributed by atoms with Crippen LogP contribution in [0.2, 0.25) is 0 Å². The van der Waals surface area contributed by atoms with E-state index >= 15 is 0 Å². The largest absolute Gasteiger partial charge is 0.359 e. The molecule has 2 heterocycles. The highest BCUT2D eigenvalue weighted by molar-refractivity contribution is 5.77. The molecular formula is C29H39N3O2. The summed E-state index contributed by atoms with van der Waals surface area (Å²) in [6, 6.07) is 22.0. The molecule has 0 aliphatic carbocycles. The molecule has 2 aromatic rings. The molecule has 0 bridgehead atoms. The Balaban J connectivity index is 1.22. The number of carbonyl (C=O) groups excluding carboxylic acids is 2. The fourth-order valence-electron chi connectivity index (χ4n) is 5.60. The summed E-state index contributed by atoms with van der Waals surface area (Å²) in [5, 5.41) is 2.66. The molecule has 5 heteroatoms. The summed E-state index contributed by atoms with van der Waals surface area (Å²) in [5.41, 5.74) is 3.02. The highest BCUT2D eigenvalue weighted by atomic mass is 16.2. The molecule has 34 heavy (non-hydrogen) atoms. The van der Waals surface area contributed by atoms with Gasteiger partial charge in [-0.25, -0.2) is 0 Å². The zero-order valence-electron chi connectivity index (χ0n) is 20.5. The number of amides is 2. The van der Waals surface area contributed by atoms with Crippen LogP contribution in [0.3, 0.4) is 0 Å². The number of rotatable bonds is 10. The van der Waals surface area contributed by atoms with Gasteiger partial charge in [0, 0.05) is 38.4 Å². The Bertz CT molecular complexity index is 875. The third kappa shape index (κ3) is 6.06. The van der Waals surface area contributed by atoms with E-state index in [4.69, 9.17) is 0 Å². The fraction of sp³-hybridized carbons (Fsp3) is 0.517. The van der Waals surface area contributed by atoms with Crippen molar-refractivity contribution in [3.05, 3.63) is 71.8 Å². The second-order valence-corrected chi connectivity index (χ2v) is 10.1. The first kappa shape index (κ1) is 24.5. The van der Waals surface area contributed by atoms with E-state index in [1.165, 1.54) is 11.1 Å². The summed E-state index contributed by atoms with van der Waals surface area (Å²) in [5.74, 6) is 0.415. The molecule has 5 nitrogen and oxygen atoms in total. The van der Waals surface area contributed by atoms with Crippen LogP contribution in [-0.4, -0.2) is 54.8 Å². The van der Waals surface area contributed by atoms with Gasteiger partial charge in [0.2, 0.25) is 11.8 Å². The van der Waals surface area contributed by atoms with Gasteiger partial charge in [0.25, 0.3) is 0 Å². The van der Waals surface area contributed by atoms with Gasteiger partial charge in [-0.1, -0.05) is 73.5 Å². The Hall–Kier alpha value is -2.66. The second kappa shape index (κ2) is 11.7. The molecule has 182 valence electrons. The van der Waals surface area contributed by atoms with Crippen LogP contribution >= 0.6 is 0 Å². The van der Waals surface area contributed by atoms with Crippen LogP contribution in [0.15, 0.2) is 60.7 Å². The van der Waals surface area contributed by atoms with Crippen LogP contribution in [0.5, 0.6) is 0 Å². The maximum atomic E-state index is 12.6. The summed E-state index contributed by atoms with van der Waals surface area (Å²) < 4.78 is 0. The lowest BCUT2D eigenvalue weighted by atomic mass is 9.71. The van der Waals surface area contributed by atoms with Gasteiger partial charge in [-0.3, -0.25) is 14.5 Å². The standard InChI is InChI=1S/C29H39N3O2/c1-30-26(33)16-10-2-3-11-17-27(34)32-22-29(23-32)18-20-31(21-19-29)28(24-12-6-4-7-13-24)25-14-8-5-9-15-25/h4-9,12-15,28H,2-3,10-11,16-23H2,1H3,(H,30,33). The molecule has 2 amide bonds. The monoisotopic (exact) mass is 461 g/mol. The Labute approximate surface area is 204 Å². The first-order valence-corrected chi connectivity index (χ1v) is 12.9. The molecule has 2 aromatic carbocycles. The second-order valence-electron chi connectivity index (χ2n) is 10.1. The molecule has 1 N–H and O–H groups in total. The predicted molar refractivity (Wildman–Crippen MR) is 136 cm³/mol. The van der Waals surface area contributed by atoms with E-state index in [1.807, 2.05) is 0 Å². The molecule has 1 spiro atoms. The lowest BCUT2D eigenvalue weighted by molar-refractivity contribution is -0.147. The predicted octanol–water partition coefficient (Wildman–Crippen LogP) is 4.79. The summed E-state index contributed by atoms with van der Waals surface area (Å²) in [4.78, 5) is 28.6. The molecular weight excluding hydrogens is 422 g/mol. The highest BCUT2D eigenvalue weighted by Gasteiger charge is 2.47. The minimum Gasteiger partial charge on any atom is -0.359 e. The molecule has 4 rings (SSSR count). The van der Waals surface area contributed by atoms with Crippen LogP contribution in [0.1, 0.15) is 68.5 Å². The minimum absolute atomic E-state index is 0.104. The molecule has 0 radical (unpaired) electrons. The number of piperidine rings is 1. The van der Waals surface area contributed by atoms with Gasteiger partial charge in [-0.05, 0) is 49.9 Å². The number of nitrogens with zero attached hydrogens (tertiary/aromatic N) is 2. The maximum absolute atomic E-state index is 12.6. The van der Waals surface area contributed by atoms with Gasteiger partial charge in [0.05, 0.1) is 6.04 Å². The summed E-state index contributed by atoms with van der Waals surface area (Å²) >= 11 is 0. The SMILES string of the molecule is CNC(=O)CCCCCCC(=O)N1CC2(CCN(C(c3ccccc3)c3ccccc3)CC2)C1. The van der Waals surface area contributed by atoms with Crippen molar-refractivity contribution in [1.82, 2.24) is 15.1 Å². The lowest BCUT2D eigenvalue weighted by Gasteiger charge is -2.55. The molecule has 2 aliphatic heterocycles. The summed E-state index contributed by atoms with van der Waals surface area (Å²) in [6.07, 6.45) is 7.43. The Morgan fingerprint density at radius 2 is 1.35 bits per heavy atom. The van der Waals surface area contributed by atoms with Gasteiger partial charge in [-0.2, -0.15) is 0 Å². The number of hydrogen-bond acceptors (Lipinski definition) is 3. The zero-order chi connectivity index (χ0) is 23.8. The molecule has 2 fully saturated rings. The van der Waals surface area contributed by atoms with Crippen molar-refractivity contribution < 1.29 is 9.59 Å². The van der Waals surface area contributed by atoms with E-state index in [-0.39, 0.29) is 5.91 Å². The van der Waals surface area contributed by atoms with E-state index in [1.54, 1.807) is 7.05 Å². The third-order valence-electron chi connectivity index (χ3n) is 7.68.